The highest BCUT2D eigenvalue weighted by Crippen LogP contribution is 2.26. The summed E-state index contributed by atoms with van der Waals surface area (Å²) in [4.78, 5) is 10.6. The van der Waals surface area contributed by atoms with Gasteiger partial charge < -0.3 is 4.90 Å². The molecule has 0 saturated carbocycles. The van der Waals surface area contributed by atoms with Crippen molar-refractivity contribution >= 4 is 39.5 Å². The van der Waals surface area contributed by atoms with Gasteiger partial charge in [-0.25, -0.2) is 10.8 Å². The van der Waals surface area contributed by atoms with Gasteiger partial charge in [0.2, 0.25) is 5.95 Å². The number of aromatic nitrogens is 2. The van der Waals surface area contributed by atoms with Gasteiger partial charge in [-0.05, 0) is 15.9 Å². The Morgan fingerprint density at radius 1 is 1.47 bits per heavy atom. The van der Waals surface area contributed by atoms with Crippen molar-refractivity contribution in [2.75, 3.05) is 34.9 Å². The summed E-state index contributed by atoms with van der Waals surface area (Å²) in [6, 6.07) is 0. The summed E-state index contributed by atoms with van der Waals surface area (Å²) in [7, 11) is 0. The van der Waals surface area contributed by atoms with Gasteiger partial charge in [0.25, 0.3) is 0 Å². The second kappa shape index (κ2) is 5.00. The van der Waals surface area contributed by atoms with Crippen LogP contribution in [0.5, 0.6) is 0 Å². The lowest BCUT2D eigenvalue weighted by molar-refractivity contribution is 0.831. The van der Waals surface area contributed by atoms with Gasteiger partial charge in [0.15, 0.2) is 0 Å². The lowest BCUT2D eigenvalue weighted by Gasteiger charge is -2.28. The van der Waals surface area contributed by atoms with E-state index in [4.69, 9.17) is 5.84 Å². The Hall–Kier alpha value is -0.530. The fraction of sp³-hybridized carbons (Fsp3) is 0.500. The molecule has 0 atom stereocenters. The SMILES string of the molecule is NNc1ncc(Br)c(N2CCSCC2)n1. The van der Waals surface area contributed by atoms with Crippen molar-refractivity contribution in [3.8, 4) is 0 Å². The Morgan fingerprint density at radius 3 is 2.87 bits per heavy atom. The monoisotopic (exact) mass is 289 g/mol. The van der Waals surface area contributed by atoms with Gasteiger partial charge in [-0.15, -0.1) is 0 Å². The maximum absolute atomic E-state index is 5.29. The van der Waals surface area contributed by atoms with Crippen LogP contribution in [0.1, 0.15) is 0 Å². The topological polar surface area (TPSA) is 67.1 Å². The standard InChI is InChI=1S/C8H12BrN5S/c9-6-5-11-8(13-10)12-7(6)14-1-3-15-4-2-14/h5H,1-4,10H2,(H,11,12,13). The number of nitrogen functional groups attached to an aromatic ring is 1. The molecule has 2 rings (SSSR count). The number of nitrogens with zero attached hydrogens (tertiary/aromatic N) is 3. The van der Waals surface area contributed by atoms with Crippen LogP contribution in [0, 0.1) is 0 Å². The first-order chi connectivity index (χ1) is 7.31. The molecule has 1 aromatic heterocycles. The lowest BCUT2D eigenvalue weighted by atomic mass is 10.4. The largest absolute Gasteiger partial charge is 0.354 e. The third-order valence-corrected chi connectivity index (χ3v) is 3.67. The molecule has 2 heterocycles. The maximum atomic E-state index is 5.29. The fourth-order valence-corrected chi connectivity index (χ4v) is 2.77. The Morgan fingerprint density at radius 2 is 2.20 bits per heavy atom. The van der Waals surface area contributed by atoms with Crippen molar-refractivity contribution in [3.05, 3.63) is 10.7 Å². The first-order valence-electron chi connectivity index (χ1n) is 4.63. The summed E-state index contributed by atoms with van der Waals surface area (Å²) in [6.45, 7) is 2.04. The Kier molecular flexibility index (Phi) is 3.66. The number of hydrogen-bond acceptors (Lipinski definition) is 6. The Labute approximate surface area is 101 Å². The van der Waals surface area contributed by atoms with Crippen molar-refractivity contribution < 1.29 is 0 Å². The van der Waals surface area contributed by atoms with E-state index in [0.717, 1.165) is 34.9 Å². The average molecular weight is 290 g/mol. The third kappa shape index (κ3) is 2.53. The van der Waals surface area contributed by atoms with Gasteiger partial charge in [0.1, 0.15) is 5.82 Å². The van der Waals surface area contributed by atoms with Gasteiger partial charge in [0, 0.05) is 30.8 Å². The number of anilines is 2. The predicted molar refractivity (Wildman–Crippen MR) is 67.1 cm³/mol. The minimum absolute atomic E-state index is 0.450. The highest BCUT2D eigenvalue weighted by atomic mass is 79.9. The lowest BCUT2D eigenvalue weighted by Crippen LogP contribution is -2.33. The number of hydrazine groups is 1. The van der Waals surface area contributed by atoms with Crippen LogP contribution in [-0.2, 0) is 0 Å². The van der Waals surface area contributed by atoms with Crippen molar-refractivity contribution in [2.45, 2.75) is 0 Å². The molecule has 1 aromatic rings. The van der Waals surface area contributed by atoms with Crippen LogP contribution >= 0.6 is 27.7 Å². The normalized spacial score (nSPS) is 16.5. The van der Waals surface area contributed by atoms with Gasteiger partial charge in [-0.1, -0.05) is 0 Å². The zero-order valence-corrected chi connectivity index (χ0v) is 10.5. The van der Waals surface area contributed by atoms with E-state index in [1.807, 2.05) is 11.8 Å². The molecule has 15 heavy (non-hydrogen) atoms. The van der Waals surface area contributed by atoms with Crippen molar-refractivity contribution in [1.82, 2.24) is 9.97 Å². The van der Waals surface area contributed by atoms with E-state index in [2.05, 4.69) is 36.2 Å². The molecular formula is C8H12BrN5S. The van der Waals surface area contributed by atoms with E-state index in [9.17, 15) is 0 Å². The highest BCUT2D eigenvalue weighted by Gasteiger charge is 2.16. The fourth-order valence-electron chi connectivity index (χ4n) is 1.42. The summed E-state index contributed by atoms with van der Waals surface area (Å²) < 4.78 is 0.911. The number of halogens is 1. The van der Waals surface area contributed by atoms with Crippen LogP contribution in [0.3, 0.4) is 0 Å². The highest BCUT2D eigenvalue weighted by molar-refractivity contribution is 9.10. The van der Waals surface area contributed by atoms with Crippen LogP contribution in [0.25, 0.3) is 0 Å². The second-order valence-corrected chi connectivity index (χ2v) is 5.19. The van der Waals surface area contributed by atoms with Gasteiger partial charge in [-0.3, -0.25) is 5.43 Å². The quantitative estimate of drug-likeness (QED) is 0.627. The molecule has 1 aliphatic rings. The molecule has 5 nitrogen and oxygen atoms in total. The molecule has 1 fully saturated rings. The summed E-state index contributed by atoms with van der Waals surface area (Å²) in [5.41, 5.74) is 2.46. The molecule has 0 unspecified atom stereocenters. The first-order valence-corrected chi connectivity index (χ1v) is 6.58. The number of rotatable bonds is 2. The van der Waals surface area contributed by atoms with Crippen LogP contribution in [0.15, 0.2) is 10.7 Å². The predicted octanol–water partition coefficient (Wildman–Crippen LogP) is 1.08. The van der Waals surface area contributed by atoms with E-state index < -0.39 is 0 Å². The number of nitrogens with one attached hydrogen (secondary N) is 1. The van der Waals surface area contributed by atoms with E-state index in [1.165, 1.54) is 0 Å². The molecule has 1 aliphatic heterocycles. The summed E-state index contributed by atoms with van der Waals surface area (Å²) in [6.07, 6.45) is 1.72. The zero-order chi connectivity index (χ0) is 10.7. The van der Waals surface area contributed by atoms with Gasteiger partial charge in [0.05, 0.1) is 4.47 Å². The number of hydrogen-bond donors (Lipinski definition) is 2. The first kappa shape index (κ1) is 11.0. The molecular weight excluding hydrogens is 278 g/mol. The molecule has 7 heteroatoms. The summed E-state index contributed by atoms with van der Waals surface area (Å²) in [5, 5.41) is 0. The molecule has 0 aliphatic carbocycles. The van der Waals surface area contributed by atoms with E-state index >= 15 is 0 Å². The van der Waals surface area contributed by atoms with Crippen molar-refractivity contribution in [3.63, 3.8) is 0 Å². The minimum atomic E-state index is 0.450. The molecule has 0 spiro atoms. The van der Waals surface area contributed by atoms with Crippen molar-refractivity contribution in [1.29, 1.82) is 0 Å². The Balaban J connectivity index is 2.24. The second-order valence-electron chi connectivity index (χ2n) is 3.11. The molecule has 82 valence electrons. The maximum Gasteiger partial charge on any atom is 0.239 e. The molecule has 0 amide bonds. The van der Waals surface area contributed by atoms with Crippen LogP contribution in [0.4, 0.5) is 11.8 Å². The van der Waals surface area contributed by atoms with Crippen LogP contribution < -0.4 is 16.2 Å². The van der Waals surface area contributed by atoms with E-state index in [0.29, 0.717) is 5.95 Å². The van der Waals surface area contributed by atoms with Crippen LogP contribution in [0.2, 0.25) is 0 Å². The molecule has 1 saturated heterocycles. The minimum Gasteiger partial charge on any atom is -0.354 e. The smallest absolute Gasteiger partial charge is 0.239 e. The molecule has 0 bridgehead atoms. The summed E-state index contributed by atoms with van der Waals surface area (Å²) in [5.74, 6) is 8.93. The Bertz CT molecular complexity index is 342. The number of thioether (sulfide) groups is 1. The third-order valence-electron chi connectivity index (χ3n) is 2.17. The van der Waals surface area contributed by atoms with Gasteiger partial charge in [-0.2, -0.15) is 16.7 Å². The van der Waals surface area contributed by atoms with Gasteiger partial charge >= 0.3 is 0 Å². The van der Waals surface area contributed by atoms with Crippen LogP contribution in [-0.4, -0.2) is 34.6 Å². The summed E-state index contributed by atoms with van der Waals surface area (Å²) >= 11 is 5.42. The molecule has 3 N–H and O–H groups in total. The van der Waals surface area contributed by atoms with E-state index in [-0.39, 0.29) is 0 Å². The molecule has 0 aromatic carbocycles. The zero-order valence-electron chi connectivity index (χ0n) is 8.11. The molecule has 0 radical (unpaired) electrons. The average Bonchev–Trinajstić information content (AvgIpc) is 2.31. The van der Waals surface area contributed by atoms with Crippen molar-refractivity contribution in [2.24, 2.45) is 5.84 Å². The van der Waals surface area contributed by atoms with E-state index in [1.54, 1.807) is 6.20 Å². The number of nitrogens with two attached hydrogens (primary N) is 1.